The zero-order valence-electron chi connectivity index (χ0n) is 19.6. The summed E-state index contributed by atoms with van der Waals surface area (Å²) in [6.45, 7) is 5.60. The van der Waals surface area contributed by atoms with E-state index >= 15 is 0 Å². The van der Waals surface area contributed by atoms with Gasteiger partial charge in [-0.3, -0.25) is 0 Å². The van der Waals surface area contributed by atoms with Crippen molar-refractivity contribution in [3.05, 3.63) is 88.3 Å². The van der Waals surface area contributed by atoms with Gasteiger partial charge in [0.2, 0.25) is 0 Å². The molecule has 3 heterocycles. The van der Waals surface area contributed by atoms with Crippen LogP contribution in [0.25, 0.3) is 22.0 Å². The Morgan fingerprint density at radius 1 is 1.00 bits per heavy atom. The molecule has 0 atom stereocenters. The fraction of sp³-hybridized carbons (Fsp3) is 0.241. The van der Waals surface area contributed by atoms with Gasteiger partial charge in [0, 0.05) is 46.3 Å². The van der Waals surface area contributed by atoms with Gasteiger partial charge in [0.15, 0.2) is 0 Å². The molecule has 0 spiro atoms. The Kier molecular flexibility index (Phi) is 6.59. The summed E-state index contributed by atoms with van der Waals surface area (Å²) in [5.41, 5.74) is 5.64. The molecule has 4 aromatic rings. The summed E-state index contributed by atoms with van der Waals surface area (Å²) in [7, 11) is 0. The number of fused-ring (bicyclic) bond motifs is 1. The highest BCUT2D eigenvalue weighted by molar-refractivity contribution is 6.30. The van der Waals surface area contributed by atoms with Gasteiger partial charge < -0.3 is 14.6 Å². The summed E-state index contributed by atoms with van der Waals surface area (Å²) < 4.78 is 1.94. The van der Waals surface area contributed by atoms with E-state index in [1.165, 1.54) is 12.8 Å². The van der Waals surface area contributed by atoms with Crippen LogP contribution < -0.4 is 0 Å². The van der Waals surface area contributed by atoms with Gasteiger partial charge in [-0.2, -0.15) is 0 Å². The van der Waals surface area contributed by atoms with Gasteiger partial charge in [-0.15, -0.1) is 0 Å². The molecule has 2 aromatic heterocycles. The molecule has 0 aliphatic carbocycles. The van der Waals surface area contributed by atoms with Crippen LogP contribution in [-0.2, 0) is 6.54 Å². The molecule has 35 heavy (non-hydrogen) atoms. The van der Waals surface area contributed by atoms with Crippen LogP contribution in [0.3, 0.4) is 0 Å². The number of rotatable bonds is 5. The molecular weight excluding hydrogens is 458 g/mol. The molecular formula is C29H26ClN3O2. The van der Waals surface area contributed by atoms with Crippen LogP contribution in [0, 0.1) is 18.8 Å². The SMILES string of the molecule is Cc1c(C(=O)O)n(CCN2CCCC2)c2ccc(C#Cc3ccc(-c4ccc(Cl)cc4)cn3)cc12. The number of halogens is 1. The van der Waals surface area contributed by atoms with Crippen LogP contribution in [-0.4, -0.2) is 45.2 Å². The minimum atomic E-state index is -0.891. The van der Waals surface area contributed by atoms with Gasteiger partial charge in [-0.1, -0.05) is 35.7 Å². The smallest absolute Gasteiger partial charge is 0.352 e. The van der Waals surface area contributed by atoms with Gasteiger partial charge >= 0.3 is 5.97 Å². The first-order chi connectivity index (χ1) is 17.0. The molecule has 5 nitrogen and oxygen atoms in total. The summed E-state index contributed by atoms with van der Waals surface area (Å²) in [4.78, 5) is 19.0. The number of hydrogen-bond acceptors (Lipinski definition) is 3. The lowest BCUT2D eigenvalue weighted by Gasteiger charge is -2.16. The zero-order chi connectivity index (χ0) is 24.4. The van der Waals surface area contributed by atoms with Crippen LogP contribution in [0.15, 0.2) is 60.8 Å². The first-order valence-corrected chi connectivity index (χ1v) is 12.2. The summed E-state index contributed by atoms with van der Waals surface area (Å²) >= 11 is 5.97. The third-order valence-corrected chi connectivity index (χ3v) is 6.89. The van der Waals surface area contributed by atoms with Crippen molar-refractivity contribution in [2.45, 2.75) is 26.3 Å². The largest absolute Gasteiger partial charge is 0.477 e. The number of carboxylic acid groups (broad SMARTS) is 1. The molecule has 1 saturated heterocycles. The topological polar surface area (TPSA) is 58.4 Å². The molecule has 1 aliphatic rings. The van der Waals surface area contributed by atoms with Crippen molar-refractivity contribution >= 4 is 28.5 Å². The third kappa shape index (κ3) is 4.95. The maximum Gasteiger partial charge on any atom is 0.352 e. The van der Waals surface area contributed by atoms with Crippen molar-refractivity contribution in [3.8, 4) is 23.0 Å². The number of aromatic carboxylic acids is 1. The Hall–Kier alpha value is -3.59. The molecule has 5 rings (SSSR count). The molecule has 1 fully saturated rings. The van der Waals surface area contributed by atoms with Crippen molar-refractivity contribution in [1.82, 2.24) is 14.5 Å². The van der Waals surface area contributed by atoms with Crippen LogP contribution in [0.4, 0.5) is 0 Å². The number of aryl methyl sites for hydroxylation is 1. The highest BCUT2D eigenvalue weighted by atomic mass is 35.5. The van der Waals surface area contributed by atoms with Gasteiger partial charge in [-0.25, -0.2) is 9.78 Å². The molecule has 0 bridgehead atoms. The summed E-state index contributed by atoms with van der Waals surface area (Å²) in [6, 6.07) is 17.5. The molecule has 0 radical (unpaired) electrons. The molecule has 1 aliphatic heterocycles. The first-order valence-electron chi connectivity index (χ1n) is 11.8. The quantitative estimate of drug-likeness (QED) is 0.361. The molecule has 6 heteroatoms. The monoisotopic (exact) mass is 483 g/mol. The molecule has 2 aromatic carbocycles. The lowest BCUT2D eigenvalue weighted by Crippen LogP contribution is -2.25. The van der Waals surface area contributed by atoms with E-state index in [0.717, 1.165) is 52.8 Å². The Balaban J connectivity index is 1.40. The lowest BCUT2D eigenvalue weighted by molar-refractivity contribution is 0.0684. The number of benzene rings is 2. The number of aromatic nitrogens is 2. The normalized spacial score (nSPS) is 13.7. The second-order valence-corrected chi connectivity index (χ2v) is 9.34. The maximum atomic E-state index is 12.1. The Morgan fingerprint density at radius 3 is 2.43 bits per heavy atom. The van der Waals surface area contributed by atoms with E-state index in [2.05, 4.69) is 21.7 Å². The van der Waals surface area contributed by atoms with Crippen LogP contribution in [0.5, 0.6) is 0 Å². The molecule has 0 amide bonds. The molecule has 1 N–H and O–H groups in total. The van der Waals surface area contributed by atoms with Crippen molar-refractivity contribution < 1.29 is 9.90 Å². The lowest BCUT2D eigenvalue weighted by atomic mass is 10.1. The van der Waals surface area contributed by atoms with E-state index in [0.29, 0.717) is 23.0 Å². The Labute approximate surface area is 210 Å². The molecule has 176 valence electrons. The highest BCUT2D eigenvalue weighted by Gasteiger charge is 2.21. The van der Waals surface area contributed by atoms with Gasteiger partial charge in [0.1, 0.15) is 11.4 Å². The van der Waals surface area contributed by atoms with Crippen molar-refractivity contribution in [2.24, 2.45) is 0 Å². The minimum absolute atomic E-state index is 0.365. The van der Waals surface area contributed by atoms with Crippen molar-refractivity contribution in [2.75, 3.05) is 19.6 Å². The van der Waals surface area contributed by atoms with Crippen molar-refractivity contribution in [3.63, 3.8) is 0 Å². The summed E-state index contributed by atoms with van der Waals surface area (Å²) in [5.74, 6) is 5.42. The van der Waals surface area contributed by atoms with E-state index in [-0.39, 0.29) is 0 Å². The number of nitrogens with zero attached hydrogens (tertiary/aromatic N) is 3. The van der Waals surface area contributed by atoms with Gasteiger partial charge in [0.05, 0.1) is 0 Å². The van der Waals surface area contributed by atoms with E-state index in [1.54, 1.807) is 6.20 Å². The van der Waals surface area contributed by atoms with E-state index in [9.17, 15) is 9.90 Å². The third-order valence-electron chi connectivity index (χ3n) is 6.63. The van der Waals surface area contributed by atoms with Crippen LogP contribution >= 0.6 is 11.6 Å². The number of carboxylic acids is 1. The predicted molar refractivity (Wildman–Crippen MR) is 140 cm³/mol. The average Bonchev–Trinajstić information content (AvgIpc) is 3.48. The second-order valence-electron chi connectivity index (χ2n) is 8.90. The van der Waals surface area contributed by atoms with E-state index < -0.39 is 5.97 Å². The standard InChI is InChI=1S/C29H26ClN3O2/c1-20-26-18-21(4-11-25-12-8-23(19-31-25)22-6-9-24(30)10-7-22)5-13-27(26)33(28(20)29(34)35)17-16-32-14-2-3-15-32/h5-10,12-13,18-19H,2-3,14-17H2,1H3,(H,34,35). The first kappa shape index (κ1) is 23.2. The van der Waals surface area contributed by atoms with E-state index in [1.807, 2.05) is 66.1 Å². The molecule has 0 unspecified atom stereocenters. The number of carbonyl (C=O) groups is 1. The average molecular weight is 484 g/mol. The molecule has 0 saturated carbocycles. The summed E-state index contributed by atoms with van der Waals surface area (Å²) in [6.07, 6.45) is 4.25. The van der Waals surface area contributed by atoms with E-state index in [4.69, 9.17) is 11.6 Å². The Morgan fingerprint density at radius 2 is 1.74 bits per heavy atom. The fourth-order valence-electron chi connectivity index (χ4n) is 4.77. The number of hydrogen-bond donors (Lipinski definition) is 1. The van der Waals surface area contributed by atoms with Crippen molar-refractivity contribution in [1.29, 1.82) is 0 Å². The van der Waals surface area contributed by atoms with Crippen LogP contribution in [0.1, 0.15) is 40.2 Å². The highest BCUT2D eigenvalue weighted by Crippen LogP contribution is 2.27. The number of likely N-dealkylation sites (tertiary alicyclic amines) is 1. The zero-order valence-corrected chi connectivity index (χ0v) is 20.3. The van der Waals surface area contributed by atoms with Gasteiger partial charge in [-0.05, 0) is 86.3 Å². The maximum absolute atomic E-state index is 12.1. The number of pyridine rings is 1. The van der Waals surface area contributed by atoms with Gasteiger partial charge in [0.25, 0.3) is 0 Å². The Bertz CT molecular complexity index is 1440. The predicted octanol–water partition coefficient (Wildman–Crippen LogP) is 5.86. The second kappa shape index (κ2) is 9.95. The summed E-state index contributed by atoms with van der Waals surface area (Å²) in [5, 5.41) is 11.5. The minimum Gasteiger partial charge on any atom is -0.477 e. The van der Waals surface area contributed by atoms with Crippen LogP contribution in [0.2, 0.25) is 5.02 Å². The fourth-order valence-corrected chi connectivity index (χ4v) is 4.90.